The van der Waals surface area contributed by atoms with Crippen LogP contribution in [0.25, 0.3) is 10.9 Å². The minimum Gasteiger partial charge on any atom is -0.507 e. The van der Waals surface area contributed by atoms with Gasteiger partial charge in [-0.05, 0) is 43.2 Å². The van der Waals surface area contributed by atoms with Gasteiger partial charge in [0.15, 0.2) is 12.4 Å². The number of oxime groups is 1. The van der Waals surface area contributed by atoms with Gasteiger partial charge < -0.3 is 9.94 Å². The number of aromatic nitrogens is 2. The van der Waals surface area contributed by atoms with Crippen molar-refractivity contribution in [2.75, 3.05) is 0 Å². The average Bonchev–Trinajstić information content (AvgIpc) is 2.82. The fourth-order valence-corrected chi connectivity index (χ4v) is 3.21. The Morgan fingerprint density at radius 1 is 1.06 bits per heavy atom. The quantitative estimate of drug-likeness (QED) is 0.369. The summed E-state index contributed by atoms with van der Waals surface area (Å²) >= 11 is 0. The molecule has 1 heterocycles. The van der Waals surface area contributed by atoms with Crippen LogP contribution in [0.5, 0.6) is 5.75 Å². The zero-order chi connectivity index (χ0) is 22.5. The van der Waals surface area contributed by atoms with Gasteiger partial charge in [0, 0.05) is 5.56 Å². The fourth-order valence-electron chi connectivity index (χ4n) is 3.21. The Hall–Kier alpha value is -4.26. The third kappa shape index (κ3) is 4.41. The molecule has 0 aliphatic heterocycles. The van der Waals surface area contributed by atoms with Crippen LogP contribution < -0.4 is 5.56 Å². The molecular weight excluding hydrogens is 404 g/mol. The number of hydrogen-bond acceptors (Lipinski definition) is 6. The van der Waals surface area contributed by atoms with Gasteiger partial charge in [0.25, 0.3) is 5.56 Å². The monoisotopic (exact) mass is 426 g/mol. The van der Waals surface area contributed by atoms with Crippen LogP contribution >= 0.6 is 0 Å². The molecule has 0 spiro atoms. The first-order valence-corrected chi connectivity index (χ1v) is 10.1. The van der Waals surface area contributed by atoms with E-state index in [1.807, 2.05) is 49.4 Å². The SMILES string of the molecule is CC(=NOCc1nc2ccccc2c(=O)n1/N=C/c1cccc(C)c1O)c1ccccc1. The maximum absolute atomic E-state index is 13.1. The van der Waals surface area contributed by atoms with Crippen LogP contribution in [0.4, 0.5) is 0 Å². The molecule has 32 heavy (non-hydrogen) atoms. The Balaban J connectivity index is 1.70. The predicted molar refractivity (Wildman–Crippen MR) is 125 cm³/mol. The fraction of sp³-hybridized carbons (Fsp3) is 0.120. The van der Waals surface area contributed by atoms with Crippen molar-refractivity contribution in [1.29, 1.82) is 0 Å². The molecule has 0 bridgehead atoms. The zero-order valence-corrected chi connectivity index (χ0v) is 17.8. The number of phenols is 1. The van der Waals surface area contributed by atoms with E-state index in [0.717, 1.165) is 5.56 Å². The van der Waals surface area contributed by atoms with E-state index in [-0.39, 0.29) is 17.9 Å². The molecule has 3 aromatic carbocycles. The van der Waals surface area contributed by atoms with Gasteiger partial charge in [-0.15, -0.1) is 0 Å². The Morgan fingerprint density at radius 3 is 2.62 bits per heavy atom. The molecule has 4 aromatic rings. The standard InChI is InChI=1S/C25H22N4O3/c1-17-9-8-12-20(24(17)30)15-26-29-23(27-22-14-7-6-13-21(22)25(29)31)16-32-28-18(2)19-10-4-3-5-11-19/h3-15,30H,16H2,1-2H3/b26-15+,28-18?. The molecule has 0 saturated carbocycles. The minimum atomic E-state index is -0.332. The summed E-state index contributed by atoms with van der Waals surface area (Å²) in [6.07, 6.45) is 1.43. The van der Waals surface area contributed by atoms with Crippen molar-refractivity contribution in [1.82, 2.24) is 9.66 Å². The molecular formula is C25H22N4O3. The van der Waals surface area contributed by atoms with Gasteiger partial charge in [0.1, 0.15) is 5.75 Å². The molecule has 1 N–H and O–H groups in total. The van der Waals surface area contributed by atoms with Gasteiger partial charge in [-0.1, -0.05) is 59.8 Å². The largest absolute Gasteiger partial charge is 0.507 e. The first kappa shape index (κ1) is 21.0. The number of aryl methyl sites for hydroxylation is 1. The first-order chi connectivity index (χ1) is 15.5. The van der Waals surface area contributed by atoms with Crippen LogP contribution in [0.1, 0.15) is 29.4 Å². The summed E-state index contributed by atoms with van der Waals surface area (Å²) in [4.78, 5) is 23.2. The summed E-state index contributed by atoms with van der Waals surface area (Å²) in [5, 5.41) is 19.2. The summed E-state index contributed by atoms with van der Waals surface area (Å²) in [6, 6.07) is 22.0. The zero-order valence-electron chi connectivity index (χ0n) is 17.8. The molecule has 0 aliphatic rings. The van der Waals surface area contributed by atoms with Gasteiger partial charge in [0.05, 0.1) is 22.8 Å². The van der Waals surface area contributed by atoms with Crippen molar-refractivity contribution in [3.8, 4) is 5.75 Å². The van der Waals surface area contributed by atoms with E-state index in [2.05, 4.69) is 15.2 Å². The molecule has 0 fully saturated rings. The lowest BCUT2D eigenvalue weighted by Crippen LogP contribution is -2.22. The second-order valence-electron chi connectivity index (χ2n) is 7.24. The van der Waals surface area contributed by atoms with Crippen molar-refractivity contribution in [3.05, 3.63) is 106 Å². The highest BCUT2D eigenvalue weighted by molar-refractivity contribution is 5.98. The van der Waals surface area contributed by atoms with E-state index in [0.29, 0.717) is 33.6 Å². The van der Waals surface area contributed by atoms with Crippen LogP contribution in [-0.4, -0.2) is 26.7 Å². The summed E-state index contributed by atoms with van der Waals surface area (Å²) in [5.41, 5.74) is 3.06. The first-order valence-electron chi connectivity index (χ1n) is 10.1. The highest BCUT2D eigenvalue weighted by Gasteiger charge is 2.11. The molecule has 0 atom stereocenters. The second kappa shape index (κ2) is 9.26. The van der Waals surface area contributed by atoms with Crippen LogP contribution in [0, 0.1) is 6.92 Å². The molecule has 0 unspecified atom stereocenters. The number of phenolic OH excluding ortho intramolecular Hbond substituents is 1. The van der Waals surface area contributed by atoms with Crippen molar-refractivity contribution < 1.29 is 9.94 Å². The van der Waals surface area contributed by atoms with Crippen LogP contribution in [-0.2, 0) is 11.4 Å². The van der Waals surface area contributed by atoms with E-state index in [4.69, 9.17) is 4.84 Å². The van der Waals surface area contributed by atoms with Gasteiger partial charge in [-0.25, -0.2) is 4.98 Å². The second-order valence-corrected chi connectivity index (χ2v) is 7.24. The van der Waals surface area contributed by atoms with E-state index < -0.39 is 0 Å². The third-order valence-electron chi connectivity index (χ3n) is 4.99. The number of fused-ring (bicyclic) bond motifs is 1. The molecule has 0 aliphatic carbocycles. The number of hydrogen-bond donors (Lipinski definition) is 1. The molecule has 1 aromatic heterocycles. The lowest BCUT2D eigenvalue weighted by atomic mass is 10.1. The van der Waals surface area contributed by atoms with Crippen molar-refractivity contribution in [2.24, 2.45) is 10.3 Å². The Labute approximate surface area is 184 Å². The third-order valence-corrected chi connectivity index (χ3v) is 4.99. The molecule has 4 rings (SSSR count). The minimum absolute atomic E-state index is 0.0542. The lowest BCUT2D eigenvalue weighted by Gasteiger charge is -2.09. The predicted octanol–water partition coefficient (Wildman–Crippen LogP) is 4.23. The van der Waals surface area contributed by atoms with Gasteiger partial charge >= 0.3 is 0 Å². The number of aromatic hydroxyl groups is 1. The van der Waals surface area contributed by atoms with E-state index in [9.17, 15) is 9.90 Å². The van der Waals surface area contributed by atoms with Crippen LogP contribution in [0.15, 0.2) is 87.8 Å². The number of benzene rings is 3. The van der Waals surface area contributed by atoms with E-state index >= 15 is 0 Å². The lowest BCUT2D eigenvalue weighted by molar-refractivity contribution is 0.122. The smallest absolute Gasteiger partial charge is 0.282 e. The number of nitrogens with zero attached hydrogens (tertiary/aromatic N) is 4. The summed E-state index contributed by atoms with van der Waals surface area (Å²) < 4.78 is 1.18. The average molecular weight is 426 g/mol. The molecule has 0 radical (unpaired) electrons. The maximum Gasteiger partial charge on any atom is 0.282 e. The molecule has 0 saturated heterocycles. The van der Waals surface area contributed by atoms with Crippen molar-refractivity contribution >= 4 is 22.8 Å². The summed E-state index contributed by atoms with van der Waals surface area (Å²) in [5.74, 6) is 0.403. The van der Waals surface area contributed by atoms with Crippen molar-refractivity contribution in [2.45, 2.75) is 20.5 Å². The number of para-hydroxylation sites is 2. The topological polar surface area (TPSA) is 89.1 Å². The normalized spacial score (nSPS) is 11.9. The Kier molecular flexibility index (Phi) is 6.07. The highest BCUT2D eigenvalue weighted by Crippen LogP contribution is 2.19. The molecule has 7 heteroatoms. The Bertz CT molecular complexity index is 1380. The van der Waals surface area contributed by atoms with Crippen molar-refractivity contribution in [3.63, 3.8) is 0 Å². The van der Waals surface area contributed by atoms with Crippen LogP contribution in [0.3, 0.4) is 0 Å². The van der Waals surface area contributed by atoms with E-state index in [1.54, 1.807) is 37.3 Å². The van der Waals surface area contributed by atoms with E-state index in [1.165, 1.54) is 10.9 Å². The Morgan fingerprint density at radius 2 is 1.81 bits per heavy atom. The maximum atomic E-state index is 13.1. The van der Waals surface area contributed by atoms with Gasteiger partial charge in [-0.2, -0.15) is 9.78 Å². The van der Waals surface area contributed by atoms with Gasteiger partial charge in [-0.3, -0.25) is 4.79 Å². The molecule has 160 valence electrons. The van der Waals surface area contributed by atoms with Crippen LogP contribution in [0.2, 0.25) is 0 Å². The summed E-state index contributed by atoms with van der Waals surface area (Å²) in [7, 11) is 0. The molecule has 7 nitrogen and oxygen atoms in total. The number of rotatable bonds is 6. The van der Waals surface area contributed by atoms with Gasteiger partial charge in [0.2, 0.25) is 0 Å². The highest BCUT2D eigenvalue weighted by atomic mass is 16.6. The molecule has 0 amide bonds. The summed E-state index contributed by atoms with van der Waals surface area (Å²) in [6.45, 7) is 3.58.